The van der Waals surface area contributed by atoms with Gasteiger partial charge in [-0.2, -0.15) is 0 Å². The van der Waals surface area contributed by atoms with Crippen LogP contribution in [0.5, 0.6) is 5.75 Å². The van der Waals surface area contributed by atoms with E-state index in [-0.39, 0.29) is 17.5 Å². The maximum atomic E-state index is 12.8. The van der Waals surface area contributed by atoms with E-state index >= 15 is 0 Å². The molecule has 5 nitrogen and oxygen atoms in total. The Hall–Kier alpha value is -2.44. The Labute approximate surface area is 159 Å². The SMILES string of the molecule is CN1CCC(C(=O)c2cccc(NC(=S)Nc3ccccc3O)c2)CC1. The molecule has 1 saturated heterocycles. The van der Waals surface area contributed by atoms with E-state index in [2.05, 4.69) is 22.6 Å². The van der Waals surface area contributed by atoms with Crippen molar-refractivity contribution in [2.24, 2.45) is 5.92 Å². The maximum Gasteiger partial charge on any atom is 0.175 e. The highest BCUT2D eigenvalue weighted by molar-refractivity contribution is 7.80. The van der Waals surface area contributed by atoms with Crippen molar-refractivity contribution in [1.29, 1.82) is 0 Å². The van der Waals surface area contributed by atoms with Crippen molar-refractivity contribution in [3.8, 4) is 5.75 Å². The first-order valence-corrected chi connectivity index (χ1v) is 9.12. The van der Waals surface area contributed by atoms with Crippen LogP contribution in [0.2, 0.25) is 0 Å². The average molecular weight is 369 g/mol. The highest BCUT2D eigenvalue weighted by Crippen LogP contribution is 2.24. The fourth-order valence-electron chi connectivity index (χ4n) is 3.12. The van der Waals surface area contributed by atoms with E-state index in [4.69, 9.17) is 12.2 Å². The largest absolute Gasteiger partial charge is 0.506 e. The van der Waals surface area contributed by atoms with Crippen molar-refractivity contribution < 1.29 is 9.90 Å². The number of nitrogens with zero attached hydrogens (tertiary/aromatic N) is 1. The van der Waals surface area contributed by atoms with Crippen molar-refractivity contribution in [1.82, 2.24) is 4.90 Å². The van der Waals surface area contributed by atoms with E-state index in [9.17, 15) is 9.90 Å². The van der Waals surface area contributed by atoms with E-state index in [0.29, 0.717) is 16.4 Å². The van der Waals surface area contributed by atoms with Gasteiger partial charge >= 0.3 is 0 Å². The zero-order valence-corrected chi connectivity index (χ0v) is 15.6. The topological polar surface area (TPSA) is 64.6 Å². The molecule has 3 rings (SSSR count). The number of hydrogen-bond acceptors (Lipinski definition) is 4. The molecule has 0 unspecified atom stereocenters. The lowest BCUT2D eigenvalue weighted by Crippen LogP contribution is -2.33. The summed E-state index contributed by atoms with van der Waals surface area (Å²) in [7, 11) is 2.09. The minimum atomic E-state index is 0.0905. The van der Waals surface area contributed by atoms with Gasteiger partial charge in [-0.05, 0) is 69.5 Å². The normalized spacial score (nSPS) is 15.4. The van der Waals surface area contributed by atoms with Gasteiger partial charge in [0.25, 0.3) is 0 Å². The molecule has 0 atom stereocenters. The number of para-hydroxylation sites is 2. The van der Waals surface area contributed by atoms with Crippen LogP contribution in [0, 0.1) is 5.92 Å². The van der Waals surface area contributed by atoms with Gasteiger partial charge in [-0.15, -0.1) is 0 Å². The Morgan fingerprint density at radius 3 is 2.58 bits per heavy atom. The maximum absolute atomic E-state index is 12.8. The second-order valence-corrected chi connectivity index (χ2v) is 7.03. The Morgan fingerprint density at radius 2 is 1.85 bits per heavy atom. The van der Waals surface area contributed by atoms with Crippen LogP contribution >= 0.6 is 12.2 Å². The third-order valence-corrected chi connectivity index (χ3v) is 4.85. The predicted molar refractivity (Wildman–Crippen MR) is 109 cm³/mol. The highest BCUT2D eigenvalue weighted by Gasteiger charge is 2.24. The van der Waals surface area contributed by atoms with E-state index in [0.717, 1.165) is 31.6 Å². The molecule has 3 N–H and O–H groups in total. The first-order valence-electron chi connectivity index (χ1n) is 8.72. The van der Waals surface area contributed by atoms with Crippen molar-refractivity contribution in [3.63, 3.8) is 0 Å². The number of Topliss-reactive ketones (excluding diaryl/α,β-unsaturated/α-hetero) is 1. The number of rotatable bonds is 4. The third-order valence-electron chi connectivity index (χ3n) is 4.65. The number of carbonyl (C=O) groups is 1. The summed E-state index contributed by atoms with van der Waals surface area (Å²) in [5.41, 5.74) is 1.98. The van der Waals surface area contributed by atoms with E-state index < -0.39 is 0 Å². The lowest BCUT2D eigenvalue weighted by Gasteiger charge is -2.28. The van der Waals surface area contributed by atoms with Crippen LogP contribution in [0.25, 0.3) is 0 Å². The Balaban J connectivity index is 1.64. The molecule has 0 aliphatic carbocycles. The molecule has 6 heteroatoms. The summed E-state index contributed by atoms with van der Waals surface area (Å²) in [6.07, 6.45) is 1.81. The van der Waals surface area contributed by atoms with E-state index in [1.54, 1.807) is 18.2 Å². The number of phenols is 1. The molecule has 0 aromatic heterocycles. The van der Waals surface area contributed by atoms with Crippen LogP contribution in [-0.4, -0.2) is 41.0 Å². The second-order valence-electron chi connectivity index (χ2n) is 6.62. The Kier molecular flexibility index (Phi) is 5.85. The summed E-state index contributed by atoms with van der Waals surface area (Å²) in [6, 6.07) is 14.3. The quantitative estimate of drug-likeness (QED) is 0.434. The number of nitrogens with one attached hydrogen (secondary N) is 2. The Morgan fingerprint density at radius 1 is 1.12 bits per heavy atom. The molecule has 2 aromatic rings. The molecule has 0 amide bonds. The lowest BCUT2D eigenvalue weighted by molar-refractivity contribution is 0.0857. The number of hydrogen-bond donors (Lipinski definition) is 3. The summed E-state index contributed by atoms with van der Waals surface area (Å²) < 4.78 is 0. The monoisotopic (exact) mass is 369 g/mol. The summed E-state index contributed by atoms with van der Waals surface area (Å²) >= 11 is 5.30. The fourth-order valence-corrected chi connectivity index (χ4v) is 3.35. The van der Waals surface area contributed by atoms with Gasteiger partial charge in [0, 0.05) is 17.2 Å². The number of carbonyl (C=O) groups excluding carboxylic acids is 1. The molecular formula is C20H23N3O2S. The number of benzene rings is 2. The smallest absolute Gasteiger partial charge is 0.175 e. The van der Waals surface area contributed by atoms with Crippen LogP contribution < -0.4 is 10.6 Å². The molecule has 0 saturated carbocycles. The average Bonchev–Trinajstić information content (AvgIpc) is 2.64. The van der Waals surface area contributed by atoms with Gasteiger partial charge < -0.3 is 20.6 Å². The molecule has 2 aromatic carbocycles. The summed E-state index contributed by atoms with van der Waals surface area (Å²) in [5, 5.41) is 16.2. The van der Waals surface area contributed by atoms with Crippen LogP contribution in [-0.2, 0) is 0 Å². The van der Waals surface area contributed by atoms with Gasteiger partial charge in [0.15, 0.2) is 10.9 Å². The van der Waals surface area contributed by atoms with Crippen molar-refractivity contribution >= 4 is 34.5 Å². The lowest BCUT2D eigenvalue weighted by atomic mass is 9.89. The summed E-state index contributed by atoms with van der Waals surface area (Å²) in [6.45, 7) is 1.92. The third kappa shape index (κ3) is 4.59. The molecule has 0 spiro atoms. The zero-order chi connectivity index (χ0) is 18.5. The highest BCUT2D eigenvalue weighted by atomic mass is 32.1. The van der Waals surface area contributed by atoms with Crippen LogP contribution in [0.15, 0.2) is 48.5 Å². The number of likely N-dealkylation sites (tertiary alicyclic amines) is 1. The van der Waals surface area contributed by atoms with Gasteiger partial charge in [0.05, 0.1) is 5.69 Å². The molecule has 1 heterocycles. The number of piperidine rings is 1. The van der Waals surface area contributed by atoms with Gasteiger partial charge in [-0.25, -0.2) is 0 Å². The predicted octanol–water partition coefficient (Wildman–Crippen LogP) is 3.73. The zero-order valence-electron chi connectivity index (χ0n) is 14.7. The molecule has 1 aliphatic heterocycles. The number of aromatic hydroxyl groups is 1. The molecular weight excluding hydrogens is 346 g/mol. The van der Waals surface area contributed by atoms with Crippen LogP contribution in [0.1, 0.15) is 23.2 Å². The van der Waals surface area contributed by atoms with Gasteiger partial charge in [0.1, 0.15) is 5.75 Å². The molecule has 1 fully saturated rings. The number of ketones is 1. The fraction of sp³-hybridized carbons (Fsp3) is 0.300. The first-order chi connectivity index (χ1) is 12.5. The second kappa shape index (κ2) is 8.29. The molecule has 26 heavy (non-hydrogen) atoms. The van der Waals surface area contributed by atoms with Gasteiger partial charge in [-0.3, -0.25) is 4.79 Å². The van der Waals surface area contributed by atoms with Crippen molar-refractivity contribution in [2.75, 3.05) is 30.8 Å². The van der Waals surface area contributed by atoms with Crippen LogP contribution in [0.3, 0.4) is 0 Å². The minimum absolute atomic E-state index is 0.0905. The summed E-state index contributed by atoms with van der Waals surface area (Å²) in [5.74, 6) is 0.414. The number of phenolic OH excluding ortho intramolecular Hbond substituents is 1. The first kappa shape index (κ1) is 18.4. The van der Waals surface area contributed by atoms with Gasteiger partial charge in [-0.1, -0.05) is 24.3 Å². The molecule has 136 valence electrons. The minimum Gasteiger partial charge on any atom is -0.506 e. The van der Waals surface area contributed by atoms with E-state index in [1.807, 2.05) is 30.3 Å². The number of thiocarbonyl (C=S) groups is 1. The standard InChI is InChI=1S/C20H23N3O2S/c1-23-11-9-14(10-12-23)19(25)15-5-4-6-16(13-15)21-20(26)22-17-7-2-3-8-18(17)24/h2-8,13-14,24H,9-12H2,1H3,(H2,21,22,26). The van der Waals surface area contributed by atoms with Crippen LogP contribution in [0.4, 0.5) is 11.4 Å². The molecule has 0 bridgehead atoms. The summed E-state index contributed by atoms with van der Waals surface area (Å²) in [4.78, 5) is 15.0. The van der Waals surface area contributed by atoms with Crippen molar-refractivity contribution in [2.45, 2.75) is 12.8 Å². The molecule has 1 aliphatic rings. The van der Waals surface area contributed by atoms with Gasteiger partial charge in [0.2, 0.25) is 0 Å². The number of anilines is 2. The molecule has 0 radical (unpaired) electrons. The van der Waals surface area contributed by atoms with E-state index in [1.165, 1.54) is 0 Å². The Bertz CT molecular complexity index is 801. The van der Waals surface area contributed by atoms with Crippen molar-refractivity contribution in [3.05, 3.63) is 54.1 Å².